The summed E-state index contributed by atoms with van der Waals surface area (Å²) in [5.74, 6) is 0.551. The molecule has 46 heavy (non-hydrogen) atoms. The van der Waals surface area contributed by atoms with Crippen molar-refractivity contribution in [2.75, 3.05) is 45.3 Å². The Hall–Kier alpha value is -2.99. The number of aliphatic hydroxyl groups excluding tert-OH is 1. The number of anilines is 1. The second kappa shape index (κ2) is 14.8. The van der Waals surface area contributed by atoms with E-state index in [0.29, 0.717) is 49.6 Å². The third-order valence-electron chi connectivity index (χ3n) is 11.3. The Kier molecular flexibility index (Phi) is 11.1. The van der Waals surface area contributed by atoms with E-state index in [9.17, 15) is 19.5 Å². The average molecular weight is 642 g/mol. The normalized spacial score (nSPS) is 31.6. The number of ether oxygens (including phenoxy) is 4. The largest absolute Gasteiger partial charge is 0.424 e. The summed E-state index contributed by atoms with van der Waals surface area (Å²) in [5, 5.41) is 13.1. The molecule has 254 valence electrons. The molecule has 3 fully saturated rings. The van der Waals surface area contributed by atoms with Gasteiger partial charge in [0.2, 0.25) is 5.91 Å². The molecule has 0 radical (unpaired) electrons. The third-order valence-corrected chi connectivity index (χ3v) is 11.3. The molecule has 4 aliphatic rings. The molecule has 0 heterocycles. The number of aliphatic hydroxyl groups is 1. The summed E-state index contributed by atoms with van der Waals surface area (Å²) < 4.78 is 22.3. The number of rotatable bonds is 14. The van der Waals surface area contributed by atoms with Gasteiger partial charge in [0, 0.05) is 18.7 Å². The molecule has 0 aliphatic heterocycles. The number of hydrogen-bond donors (Lipinski definition) is 4. The van der Waals surface area contributed by atoms with Crippen LogP contribution in [0.3, 0.4) is 0 Å². The van der Waals surface area contributed by atoms with E-state index in [2.05, 4.69) is 25.2 Å². The first-order valence-electron chi connectivity index (χ1n) is 16.8. The number of hydrogen-bond acceptors (Lipinski definition) is 9. The van der Waals surface area contributed by atoms with Crippen molar-refractivity contribution >= 4 is 23.5 Å². The lowest BCUT2D eigenvalue weighted by Gasteiger charge is -2.57. The minimum absolute atomic E-state index is 0.0151. The standard InChI is InChI=1S/C35H51N3O8/c1-34-12-9-24(39)19-22(34)3-5-25-27-6-8-30(35(27,2)13-10-28(25)34)45-15-11-31(40)38-14-16-43-17-18-44-21-32(41)46-29-7-4-23(36)20-26(29)33(37)42/h3-4,7,20,24-25,27-28,30,39H,5-6,8-19,21,36H2,1-2H3,(H2,37,42)(H,38,40)/t24-,25?,27?,28?,30-,34-,35-/m1/s1. The summed E-state index contributed by atoms with van der Waals surface area (Å²) in [7, 11) is 0. The summed E-state index contributed by atoms with van der Waals surface area (Å²) in [6.45, 7) is 6.03. The van der Waals surface area contributed by atoms with Crippen molar-refractivity contribution in [1.82, 2.24) is 5.32 Å². The molecule has 1 aromatic carbocycles. The number of nitrogens with two attached hydrogens (primary N) is 2. The van der Waals surface area contributed by atoms with E-state index in [-0.39, 0.29) is 60.1 Å². The second-order valence-corrected chi connectivity index (χ2v) is 14.0. The highest BCUT2D eigenvalue weighted by atomic mass is 16.6. The number of carbonyl (C=O) groups excluding carboxylic acids is 3. The van der Waals surface area contributed by atoms with E-state index in [0.717, 1.165) is 32.1 Å². The van der Waals surface area contributed by atoms with Gasteiger partial charge in [-0.3, -0.25) is 9.59 Å². The maximum Gasteiger partial charge on any atom is 0.337 e. The first kappa shape index (κ1) is 34.3. The minimum atomic E-state index is -0.754. The van der Waals surface area contributed by atoms with E-state index < -0.39 is 11.9 Å². The quantitative estimate of drug-likeness (QED) is 0.0780. The van der Waals surface area contributed by atoms with E-state index in [1.165, 1.54) is 43.0 Å². The third kappa shape index (κ3) is 7.59. The van der Waals surface area contributed by atoms with Gasteiger partial charge in [-0.05, 0) is 98.1 Å². The Balaban J connectivity index is 0.932. The van der Waals surface area contributed by atoms with Gasteiger partial charge in [-0.1, -0.05) is 25.5 Å². The zero-order valence-corrected chi connectivity index (χ0v) is 27.3. The smallest absolute Gasteiger partial charge is 0.337 e. The van der Waals surface area contributed by atoms with E-state index >= 15 is 0 Å². The lowest BCUT2D eigenvalue weighted by molar-refractivity contribution is -0.140. The first-order chi connectivity index (χ1) is 22.0. The molecular formula is C35H51N3O8. The number of carbonyl (C=O) groups is 3. The highest BCUT2D eigenvalue weighted by Crippen LogP contribution is 2.65. The van der Waals surface area contributed by atoms with Crippen LogP contribution in [0.25, 0.3) is 0 Å². The van der Waals surface area contributed by atoms with Crippen molar-refractivity contribution in [3.8, 4) is 5.75 Å². The molecule has 3 unspecified atom stereocenters. The number of nitrogen functional groups attached to an aromatic ring is 1. The molecule has 11 heteroatoms. The lowest BCUT2D eigenvalue weighted by atomic mass is 9.48. The fraction of sp³-hybridized carbons (Fsp3) is 0.686. The van der Waals surface area contributed by atoms with Crippen LogP contribution in [-0.4, -0.2) is 74.7 Å². The Morgan fingerprint density at radius 1 is 1.00 bits per heavy atom. The van der Waals surface area contributed by atoms with Gasteiger partial charge in [-0.2, -0.15) is 0 Å². The molecule has 11 nitrogen and oxygen atoms in total. The molecule has 3 saturated carbocycles. The van der Waals surface area contributed by atoms with Crippen LogP contribution in [0.4, 0.5) is 5.69 Å². The van der Waals surface area contributed by atoms with Gasteiger partial charge in [0.1, 0.15) is 12.4 Å². The van der Waals surface area contributed by atoms with E-state index in [4.69, 9.17) is 30.4 Å². The van der Waals surface area contributed by atoms with E-state index in [1.54, 1.807) is 0 Å². The number of primary amides is 1. The SMILES string of the molecule is C[C@@]12CC[C@@H](O)CC1=CCC1C2CC[C@]2(C)C1CC[C@H]2OCCC(=O)NCCOCCOCC(=O)Oc1ccc(N)cc1C(N)=O. The van der Waals surface area contributed by atoms with Crippen LogP contribution < -0.4 is 21.5 Å². The average Bonchev–Trinajstić information content (AvgIpc) is 3.35. The highest BCUT2D eigenvalue weighted by Gasteiger charge is 2.59. The molecule has 5 rings (SSSR count). The second-order valence-electron chi connectivity index (χ2n) is 14.0. The summed E-state index contributed by atoms with van der Waals surface area (Å²) in [6, 6.07) is 4.24. The zero-order valence-electron chi connectivity index (χ0n) is 27.3. The molecule has 1 aromatic rings. The number of allylic oxidation sites excluding steroid dienone is 1. The van der Waals surface area contributed by atoms with E-state index in [1.807, 2.05) is 0 Å². The van der Waals surface area contributed by atoms with Crippen LogP contribution >= 0.6 is 0 Å². The van der Waals surface area contributed by atoms with Crippen LogP contribution in [0.15, 0.2) is 29.8 Å². The minimum Gasteiger partial charge on any atom is -0.424 e. The fourth-order valence-corrected chi connectivity index (χ4v) is 8.87. The Bertz CT molecular complexity index is 1300. The van der Waals surface area contributed by atoms with Gasteiger partial charge < -0.3 is 40.8 Å². The lowest BCUT2D eigenvalue weighted by Crippen LogP contribution is -2.51. The number of esters is 1. The number of fused-ring (bicyclic) bond motifs is 5. The van der Waals surface area contributed by atoms with Crippen LogP contribution in [0.5, 0.6) is 5.75 Å². The highest BCUT2D eigenvalue weighted by molar-refractivity contribution is 5.97. The molecular weight excluding hydrogens is 590 g/mol. The van der Waals surface area contributed by atoms with Crippen molar-refractivity contribution in [1.29, 1.82) is 0 Å². The predicted molar refractivity (Wildman–Crippen MR) is 172 cm³/mol. The van der Waals surface area contributed by atoms with Crippen molar-refractivity contribution < 1.29 is 38.4 Å². The van der Waals surface area contributed by atoms with Gasteiger partial charge in [-0.15, -0.1) is 0 Å². The van der Waals surface area contributed by atoms with Crippen molar-refractivity contribution in [3.63, 3.8) is 0 Å². The van der Waals surface area contributed by atoms with Gasteiger partial charge in [0.25, 0.3) is 5.91 Å². The maximum atomic E-state index is 12.4. The molecule has 0 bridgehead atoms. The summed E-state index contributed by atoms with van der Waals surface area (Å²) in [4.78, 5) is 36.0. The van der Waals surface area contributed by atoms with Crippen LogP contribution in [-0.2, 0) is 23.8 Å². The molecule has 6 N–H and O–H groups in total. The molecule has 2 amide bonds. The predicted octanol–water partition coefficient (Wildman–Crippen LogP) is 3.52. The molecule has 0 saturated heterocycles. The molecule has 4 aliphatic carbocycles. The van der Waals surface area contributed by atoms with Crippen LogP contribution in [0.1, 0.15) is 82.0 Å². The topological polar surface area (TPSA) is 172 Å². The van der Waals surface area contributed by atoms with Gasteiger partial charge >= 0.3 is 5.97 Å². The fourth-order valence-electron chi connectivity index (χ4n) is 8.87. The van der Waals surface area contributed by atoms with Gasteiger partial charge in [-0.25, -0.2) is 4.79 Å². The van der Waals surface area contributed by atoms with Crippen LogP contribution in [0.2, 0.25) is 0 Å². The Labute approximate surface area is 271 Å². The van der Waals surface area contributed by atoms with Crippen LogP contribution in [0, 0.1) is 28.6 Å². The molecule has 0 aromatic heterocycles. The Morgan fingerprint density at radius 2 is 1.80 bits per heavy atom. The first-order valence-corrected chi connectivity index (χ1v) is 16.8. The maximum absolute atomic E-state index is 12.4. The van der Waals surface area contributed by atoms with Gasteiger partial charge in [0.15, 0.2) is 0 Å². The summed E-state index contributed by atoms with van der Waals surface area (Å²) in [5.41, 5.74) is 13.2. The number of benzene rings is 1. The molecule has 7 atom stereocenters. The monoisotopic (exact) mass is 641 g/mol. The van der Waals surface area contributed by atoms with Crippen molar-refractivity contribution in [3.05, 3.63) is 35.4 Å². The number of amides is 2. The van der Waals surface area contributed by atoms with Gasteiger partial charge in [0.05, 0.1) is 44.2 Å². The molecule has 0 spiro atoms. The van der Waals surface area contributed by atoms with Crippen molar-refractivity contribution in [2.24, 2.45) is 34.3 Å². The summed E-state index contributed by atoms with van der Waals surface area (Å²) >= 11 is 0. The zero-order chi connectivity index (χ0) is 32.9. The number of nitrogens with one attached hydrogen (secondary N) is 1. The van der Waals surface area contributed by atoms with Crippen molar-refractivity contribution in [2.45, 2.75) is 83.8 Å². The summed E-state index contributed by atoms with van der Waals surface area (Å²) in [6.07, 6.45) is 11.4. The Morgan fingerprint density at radius 3 is 2.61 bits per heavy atom.